The molecular weight excluding hydrogens is 293 g/mol. The van der Waals surface area contributed by atoms with Crippen LogP contribution in [0.25, 0.3) is 6.08 Å². The maximum absolute atomic E-state index is 12.9. The van der Waals surface area contributed by atoms with Crippen LogP contribution in [-0.4, -0.2) is 30.8 Å². The highest BCUT2D eigenvalue weighted by molar-refractivity contribution is 5.85. The van der Waals surface area contributed by atoms with Crippen LogP contribution in [-0.2, 0) is 20.5 Å². The van der Waals surface area contributed by atoms with Crippen LogP contribution < -0.4 is 4.74 Å². The Balaban J connectivity index is 3.08. The van der Waals surface area contributed by atoms with Gasteiger partial charge < -0.3 is 14.6 Å². The highest BCUT2D eigenvalue weighted by Crippen LogP contribution is 2.37. The molecule has 0 saturated carbocycles. The summed E-state index contributed by atoms with van der Waals surface area (Å²) >= 11 is 0. The van der Waals surface area contributed by atoms with E-state index in [0.717, 1.165) is 25.3 Å². The summed E-state index contributed by atoms with van der Waals surface area (Å²) in [6.45, 7) is -0.663. The molecule has 0 aliphatic carbocycles. The molecule has 0 saturated heterocycles. The fraction of sp³-hybridized carbons (Fsp3) is 0.231. The first kappa shape index (κ1) is 16.5. The molecule has 0 unspecified atom stereocenters. The molecule has 0 heterocycles. The molecular formula is C13H11F3O5. The average molecular weight is 304 g/mol. The zero-order valence-electron chi connectivity index (χ0n) is 10.8. The van der Waals surface area contributed by atoms with Crippen LogP contribution in [0.4, 0.5) is 13.2 Å². The number of alkyl halides is 3. The standard InChI is InChI=1S/C13H11F3O5/c1-20-12(19)7-21-10-4-2-8(3-5-11(17)18)6-9(10)13(14,15)16/h2-6H,7H2,1H3,(H,17,18). The van der Waals surface area contributed by atoms with Crippen molar-refractivity contribution < 1.29 is 37.3 Å². The minimum atomic E-state index is -4.71. The number of carboxylic acid groups (broad SMARTS) is 1. The number of halogens is 3. The van der Waals surface area contributed by atoms with Gasteiger partial charge in [-0.3, -0.25) is 0 Å². The van der Waals surface area contributed by atoms with E-state index in [1.54, 1.807) is 0 Å². The van der Waals surface area contributed by atoms with Gasteiger partial charge in [0.2, 0.25) is 0 Å². The molecule has 1 aromatic rings. The lowest BCUT2D eigenvalue weighted by atomic mass is 10.1. The number of hydrogen-bond acceptors (Lipinski definition) is 4. The van der Waals surface area contributed by atoms with Crippen LogP contribution in [0.5, 0.6) is 5.75 Å². The molecule has 0 aromatic heterocycles. The Hall–Kier alpha value is -2.51. The number of hydrogen-bond donors (Lipinski definition) is 1. The smallest absolute Gasteiger partial charge is 0.419 e. The second kappa shape index (κ2) is 6.78. The Kier molecular flexibility index (Phi) is 5.34. The predicted octanol–water partition coefficient (Wildman–Crippen LogP) is 2.35. The third kappa shape index (κ3) is 5.17. The number of ether oxygens (including phenoxy) is 2. The topological polar surface area (TPSA) is 72.8 Å². The van der Waals surface area contributed by atoms with E-state index in [4.69, 9.17) is 9.84 Å². The normalized spacial score (nSPS) is 11.4. The molecule has 0 aliphatic rings. The maximum atomic E-state index is 12.9. The summed E-state index contributed by atoms with van der Waals surface area (Å²) < 4.78 is 47.7. The van der Waals surface area contributed by atoms with Crippen LogP contribution >= 0.6 is 0 Å². The van der Waals surface area contributed by atoms with E-state index in [-0.39, 0.29) is 5.56 Å². The summed E-state index contributed by atoms with van der Waals surface area (Å²) in [5.74, 6) is -2.65. The lowest BCUT2D eigenvalue weighted by molar-refractivity contribution is -0.145. The van der Waals surface area contributed by atoms with Gasteiger partial charge in [-0.2, -0.15) is 13.2 Å². The number of carbonyl (C=O) groups is 2. The Morgan fingerprint density at radius 2 is 2.00 bits per heavy atom. The number of esters is 1. The Morgan fingerprint density at radius 1 is 1.33 bits per heavy atom. The number of carbonyl (C=O) groups excluding carboxylic acids is 1. The maximum Gasteiger partial charge on any atom is 0.419 e. The summed E-state index contributed by atoms with van der Waals surface area (Å²) in [6.07, 6.45) is -2.98. The summed E-state index contributed by atoms with van der Waals surface area (Å²) in [5, 5.41) is 8.45. The highest BCUT2D eigenvalue weighted by Gasteiger charge is 2.34. The zero-order chi connectivity index (χ0) is 16.0. The summed E-state index contributed by atoms with van der Waals surface area (Å²) in [4.78, 5) is 21.2. The van der Waals surface area contributed by atoms with Gasteiger partial charge in [-0.25, -0.2) is 9.59 Å². The molecule has 21 heavy (non-hydrogen) atoms. The van der Waals surface area contributed by atoms with E-state index in [2.05, 4.69) is 4.74 Å². The van der Waals surface area contributed by atoms with Crippen molar-refractivity contribution >= 4 is 18.0 Å². The molecule has 1 rings (SSSR count). The number of aliphatic carboxylic acids is 1. The summed E-state index contributed by atoms with van der Waals surface area (Å²) in [6, 6.07) is 2.97. The van der Waals surface area contributed by atoms with E-state index in [1.165, 1.54) is 6.07 Å². The Bertz CT molecular complexity index is 563. The monoisotopic (exact) mass is 304 g/mol. The van der Waals surface area contributed by atoms with Gasteiger partial charge in [0.1, 0.15) is 5.75 Å². The van der Waals surface area contributed by atoms with Gasteiger partial charge in [0.15, 0.2) is 6.61 Å². The van der Waals surface area contributed by atoms with Crippen molar-refractivity contribution in [2.45, 2.75) is 6.18 Å². The first-order valence-electron chi connectivity index (χ1n) is 5.56. The van der Waals surface area contributed by atoms with Gasteiger partial charge in [0.25, 0.3) is 0 Å². The van der Waals surface area contributed by atoms with Crippen molar-refractivity contribution in [3.8, 4) is 5.75 Å². The van der Waals surface area contributed by atoms with Crippen molar-refractivity contribution in [3.05, 3.63) is 35.4 Å². The van der Waals surface area contributed by atoms with Gasteiger partial charge in [-0.1, -0.05) is 6.07 Å². The number of rotatable bonds is 5. The first-order chi connectivity index (χ1) is 9.74. The third-order valence-electron chi connectivity index (χ3n) is 2.30. The second-order valence-electron chi connectivity index (χ2n) is 3.79. The molecule has 0 fully saturated rings. The Labute approximate surface area is 117 Å². The molecule has 5 nitrogen and oxygen atoms in total. The highest BCUT2D eigenvalue weighted by atomic mass is 19.4. The van der Waals surface area contributed by atoms with Crippen LogP contribution in [0.15, 0.2) is 24.3 Å². The molecule has 1 aromatic carbocycles. The van der Waals surface area contributed by atoms with E-state index in [0.29, 0.717) is 6.08 Å². The fourth-order valence-electron chi connectivity index (χ4n) is 1.36. The first-order valence-corrected chi connectivity index (χ1v) is 5.56. The average Bonchev–Trinajstić information content (AvgIpc) is 2.41. The Morgan fingerprint density at radius 3 is 2.52 bits per heavy atom. The van der Waals surface area contributed by atoms with Crippen LogP contribution in [0.2, 0.25) is 0 Å². The number of carboxylic acids is 1. The number of methoxy groups -OCH3 is 1. The van der Waals surface area contributed by atoms with Crippen LogP contribution in [0.3, 0.4) is 0 Å². The van der Waals surface area contributed by atoms with Crippen molar-refractivity contribution in [2.24, 2.45) is 0 Å². The van der Waals surface area contributed by atoms with Crippen LogP contribution in [0, 0.1) is 0 Å². The van der Waals surface area contributed by atoms with E-state index >= 15 is 0 Å². The quantitative estimate of drug-likeness (QED) is 0.668. The second-order valence-corrected chi connectivity index (χ2v) is 3.79. The molecule has 0 atom stereocenters. The summed E-state index contributed by atoms with van der Waals surface area (Å²) in [7, 11) is 1.08. The minimum Gasteiger partial charge on any atom is -0.481 e. The van der Waals surface area contributed by atoms with Crippen LogP contribution in [0.1, 0.15) is 11.1 Å². The van der Waals surface area contributed by atoms with Crippen molar-refractivity contribution in [3.63, 3.8) is 0 Å². The molecule has 1 N–H and O–H groups in total. The lowest BCUT2D eigenvalue weighted by Crippen LogP contribution is -2.15. The van der Waals surface area contributed by atoms with Gasteiger partial charge >= 0.3 is 18.1 Å². The molecule has 0 aliphatic heterocycles. The van der Waals surface area contributed by atoms with Crippen molar-refractivity contribution in [1.82, 2.24) is 0 Å². The molecule has 0 spiro atoms. The van der Waals surface area contributed by atoms with Gasteiger partial charge in [0, 0.05) is 6.08 Å². The number of benzene rings is 1. The van der Waals surface area contributed by atoms with Gasteiger partial charge in [-0.05, 0) is 23.8 Å². The van der Waals surface area contributed by atoms with E-state index in [9.17, 15) is 22.8 Å². The van der Waals surface area contributed by atoms with Gasteiger partial charge in [-0.15, -0.1) is 0 Å². The molecule has 0 amide bonds. The molecule has 114 valence electrons. The lowest BCUT2D eigenvalue weighted by Gasteiger charge is -2.14. The molecule has 0 radical (unpaired) electrons. The van der Waals surface area contributed by atoms with E-state index < -0.39 is 36.0 Å². The molecule has 8 heteroatoms. The minimum absolute atomic E-state index is 0.0372. The predicted molar refractivity (Wildman–Crippen MR) is 65.6 cm³/mol. The van der Waals surface area contributed by atoms with E-state index in [1.807, 2.05) is 0 Å². The SMILES string of the molecule is COC(=O)COc1ccc(C=CC(=O)O)cc1C(F)(F)F. The largest absolute Gasteiger partial charge is 0.481 e. The van der Waals surface area contributed by atoms with Gasteiger partial charge in [0.05, 0.1) is 12.7 Å². The molecule has 0 bridgehead atoms. The van der Waals surface area contributed by atoms with Crippen molar-refractivity contribution in [1.29, 1.82) is 0 Å². The summed E-state index contributed by atoms with van der Waals surface area (Å²) in [5.41, 5.74) is -1.07. The fourth-order valence-corrected chi connectivity index (χ4v) is 1.36. The third-order valence-corrected chi connectivity index (χ3v) is 2.30. The zero-order valence-corrected chi connectivity index (χ0v) is 10.8. The van der Waals surface area contributed by atoms with Crippen molar-refractivity contribution in [2.75, 3.05) is 13.7 Å².